The van der Waals surface area contributed by atoms with Crippen LogP contribution < -0.4 is 4.31 Å². The van der Waals surface area contributed by atoms with Gasteiger partial charge in [-0.25, -0.2) is 16.8 Å². The molecule has 1 aliphatic rings. The van der Waals surface area contributed by atoms with Crippen LogP contribution in [-0.2, 0) is 25.5 Å². The van der Waals surface area contributed by atoms with Crippen LogP contribution in [0.3, 0.4) is 0 Å². The van der Waals surface area contributed by atoms with Gasteiger partial charge in [0.1, 0.15) is 0 Å². The zero-order chi connectivity index (χ0) is 30.8. The molecule has 3 aromatic rings. The lowest BCUT2D eigenvalue weighted by Gasteiger charge is -2.29. The Morgan fingerprint density at radius 2 is 1.55 bits per heavy atom. The van der Waals surface area contributed by atoms with E-state index < -0.39 is 37.2 Å². The minimum atomic E-state index is -5.24. The molecule has 0 amide bonds. The van der Waals surface area contributed by atoms with Crippen molar-refractivity contribution in [2.24, 2.45) is 11.8 Å². The van der Waals surface area contributed by atoms with E-state index in [0.717, 1.165) is 29.3 Å². The van der Waals surface area contributed by atoms with Crippen molar-refractivity contribution in [3.63, 3.8) is 0 Å². The second-order valence-corrected chi connectivity index (χ2v) is 14.8. The van der Waals surface area contributed by atoms with Crippen molar-refractivity contribution in [2.45, 2.75) is 54.7 Å². The summed E-state index contributed by atoms with van der Waals surface area (Å²) >= 11 is 0. The third kappa shape index (κ3) is 7.17. The van der Waals surface area contributed by atoms with Gasteiger partial charge < -0.3 is 5.11 Å². The van der Waals surface area contributed by atoms with Crippen molar-refractivity contribution in [1.29, 1.82) is 0 Å². The van der Waals surface area contributed by atoms with Gasteiger partial charge >= 0.3 is 6.18 Å². The van der Waals surface area contributed by atoms with Crippen LogP contribution in [0.2, 0.25) is 0 Å². The smallest absolute Gasteiger partial charge is 0.366 e. The molecule has 42 heavy (non-hydrogen) atoms. The monoisotopic (exact) mass is 619 g/mol. The van der Waals surface area contributed by atoms with Crippen LogP contribution in [0, 0.1) is 23.7 Å². The van der Waals surface area contributed by atoms with Gasteiger partial charge in [-0.3, -0.25) is 4.31 Å². The molecule has 1 fully saturated rings. The number of anilines is 1. The first-order chi connectivity index (χ1) is 19.6. The molecule has 0 aliphatic heterocycles. The average Bonchev–Trinajstić information content (AvgIpc) is 3.78. The molecule has 0 radical (unpaired) electrons. The molecular weight excluding hydrogens is 587 g/mol. The number of alkyl halides is 3. The molecule has 224 valence electrons. The fourth-order valence-electron chi connectivity index (χ4n) is 4.21. The molecule has 1 aliphatic carbocycles. The van der Waals surface area contributed by atoms with Crippen LogP contribution in [0.25, 0.3) is 0 Å². The maximum atomic E-state index is 14.4. The van der Waals surface area contributed by atoms with Crippen LogP contribution in [-0.4, -0.2) is 40.4 Å². The van der Waals surface area contributed by atoms with Crippen molar-refractivity contribution in [3.8, 4) is 11.8 Å². The number of rotatable bonds is 10. The van der Waals surface area contributed by atoms with Gasteiger partial charge in [-0.15, -0.1) is 0 Å². The van der Waals surface area contributed by atoms with Gasteiger partial charge in [0.15, 0.2) is 9.84 Å². The summed E-state index contributed by atoms with van der Waals surface area (Å²) in [5.41, 5.74) is -4.23. The number of benzene rings is 3. The molecule has 1 N–H and O–H groups in total. The van der Waals surface area contributed by atoms with Gasteiger partial charge in [-0.2, -0.15) is 13.2 Å². The summed E-state index contributed by atoms with van der Waals surface area (Å²) in [5, 5.41) is 10.9. The summed E-state index contributed by atoms with van der Waals surface area (Å²) in [6.45, 7) is 3.89. The highest BCUT2D eigenvalue weighted by Crippen LogP contribution is 2.41. The molecular formula is C31H32F3NO5S2. The van der Waals surface area contributed by atoms with Crippen molar-refractivity contribution in [2.75, 3.05) is 16.6 Å². The molecule has 0 aromatic heterocycles. The van der Waals surface area contributed by atoms with Crippen LogP contribution in [0.5, 0.6) is 0 Å². The number of sulfone groups is 1. The lowest BCUT2D eigenvalue weighted by Crippen LogP contribution is -2.41. The lowest BCUT2D eigenvalue weighted by atomic mass is 9.92. The Balaban J connectivity index is 1.70. The first-order valence-corrected chi connectivity index (χ1v) is 16.6. The highest BCUT2D eigenvalue weighted by molar-refractivity contribution is 7.92. The summed E-state index contributed by atoms with van der Waals surface area (Å²) in [6, 6.07) is 17.4. The predicted octanol–water partition coefficient (Wildman–Crippen LogP) is 5.91. The fourth-order valence-corrected chi connectivity index (χ4v) is 7.33. The number of halogens is 3. The van der Waals surface area contributed by atoms with Gasteiger partial charge in [-0.05, 0) is 85.5 Å². The van der Waals surface area contributed by atoms with Gasteiger partial charge in [0.05, 0.1) is 21.2 Å². The first kappa shape index (κ1) is 31.6. The van der Waals surface area contributed by atoms with E-state index in [0.29, 0.717) is 6.42 Å². The van der Waals surface area contributed by atoms with E-state index in [4.69, 9.17) is 0 Å². The molecule has 0 bridgehead atoms. The van der Waals surface area contributed by atoms with E-state index in [2.05, 4.69) is 5.92 Å². The Hall–Kier alpha value is -3.33. The number of aliphatic hydroxyl groups is 1. The quantitative estimate of drug-likeness (QED) is 0.285. The minimum Gasteiger partial charge on any atom is -0.366 e. The highest BCUT2D eigenvalue weighted by Gasteiger charge is 2.54. The molecule has 0 spiro atoms. The van der Waals surface area contributed by atoms with E-state index in [1.54, 1.807) is 18.2 Å². The lowest BCUT2D eigenvalue weighted by molar-refractivity contribution is -0.240. The van der Waals surface area contributed by atoms with E-state index in [1.807, 2.05) is 19.8 Å². The maximum Gasteiger partial charge on any atom is 0.433 e. The Bertz CT molecular complexity index is 1670. The standard InChI is InChI=1S/C31H32F3NO5S2/c1-23(2)18-20-41(37,38)28-15-13-24(14-16-28)17-19-30(36,31(32,33)34)26-7-6-8-27(21-26)35(22-25-11-12-25)42(39,40)29-9-4-3-5-10-29/h3-10,13-16,21,23,25,36H,11-12,18,20,22H2,1-2H3. The van der Waals surface area contributed by atoms with Gasteiger partial charge in [0.25, 0.3) is 10.0 Å². The van der Waals surface area contributed by atoms with Crippen LogP contribution in [0.15, 0.2) is 88.7 Å². The molecule has 1 unspecified atom stereocenters. The zero-order valence-electron chi connectivity index (χ0n) is 23.2. The molecule has 0 saturated heterocycles. The van der Waals surface area contributed by atoms with E-state index in [-0.39, 0.29) is 45.2 Å². The van der Waals surface area contributed by atoms with Gasteiger partial charge in [-0.1, -0.05) is 50.1 Å². The Morgan fingerprint density at radius 3 is 2.12 bits per heavy atom. The molecule has 3 aromatic carbocycles. The Morgan fingerprint density at radius 1 is 0.905 bits per heavy atom. The van der Waals surface area contributed by atoms with E-state index >= 15 is 0 Å². The fraction of sp³-hybridized carbons (Fsp3) is 0.355. The largest absolute Gasteiger partial charge is 0.433 e. The first-order valence-electron chi connectivity index (χ1n) is 13.5. The predicted molar refractivity (Wildman–Crippen MR) is 155 cm³/mol. The van der Waals surface area contributed by atoms with Crippen molar-refractivity contribution >= 4 is 25.5 Å². The van der Waals surface area contributed by atoms with Gasteiger partial charge in [0.2, 0.25) is 5.60 Å². The molecule has 4 rings (SSSR count). The molecule has 6 nitrogen and oxygen atoms in total. The molecule has 0 heterocycles. The zero-order valence-corrected chi connectivity index (χ0v) is 24.8. The van der Waals surface area contributed by atoms with Gasteiger partial charge in [0, 0.05) is 17.7 Å². The summed E-state index contributed by atoms with van der Waals surface area (Å²) in [6.07, 6.45) is -3.17. The minimum absolute atomic E-state index is 0.00315. The summed E-state index contributed by atoms with van der Waals surface area (Å²) < 4.78 is 96.2. The van der Waals surface area contributed by atoms with Crippen LogP contribution in [0.1, 0.15) is 44.2 Å². The van der Waals surface area contributed by atoms with Crippen molar-refractivity contribution in [3.05, 3.63) is 90.0 Å². The van der Waals surface area contributed by atoms with Crippen molar-refractivity contribution < 1.29 is 35.1 Å². The number of sulfonamides is 1. The summed E-state index contributed by atoms with van der Waals surface area (Å²) in [7, 11) is -7.66. The summed E-state index contributed by atoms with van der Waals surface area (Å²) in [4.78, 5) is 0.0273. The molecule has 11 heteroatoms. The molecule has 1 saturated carbocycles. The van der Waals surface area contributed by atoms with Crippen LogP contribution in [0.4, 0.5) is 18.9 Å². The average molecular weight is 620 g/mol. The highest BCUT2D eigenvalue weighted by atomic mass is 32.2. The Labute approximate surface area is 245 Å². The normalized spacial score (nSPS) is 15.5. The second kappa shape index (κ2) is 12.1. The molecule has 1 atom stereocenters. The van der Waals surface area contributed by atoms with E-state index in [9.17, 15) is 35.1 Å². The number of nitrogens with zero attached hydrogens (tertiary/aromatic N) is 1. The second-order valence-electron chi connectivity index (χ2n) is 10.8. The number of hydrogen-bond donors (Lipinski definition) is 1. The van der Waals surface area contributed by atoms with E-state index in [1.165, 1.54) is 48.5 Å². The number of hydrogen-bond acceptors (Lipinski definition) is 5. The van der Waals surface area contributed by atoms with Crippen LogP contribution >= 0.6 is 0 Å². The Kier molecular flexibility index (Phi) is 9.11. The topological polar surface area (TPSA) is 91.8 Å². The maximum absolute atomic E-state index is 14.4. The van der Waals surface area contributed by atoms with Crippen molar-refractivity contribution in [1.82, 2.24) is 0 Å². The summed E-state index contributed by atoms with van der Waals surface area (Å²) in [5.74, 6) is 4.44. The third-order valence-electron chi connectivity index (χ3n) is 6.98. The third-order valence-corrected chi connectivity index (χ3v) is 10.6. The SMILES string of the molecule is CC(C)CCS(=O)(=O)c1ccc(C#CC(O)(c2cccc(N(CC3CC3)S(=O)(=O)c3ccccc3)c2)C(F)(F)F)cc1.